The van der Waals surface area contributed by atoms with Crippen molar-refractivity contribution in [2.24, 2.45) is 11.8 Å². The van der Waals surface area contributed by atoms with Crippen molar-refractivity contribution in [3.63, 3.8) is 0 Å². The second-order valence-corrected chi connectivity index (χ2v) is 11.8. The van der Waals surface area contributed by atoms with E-state index >= 15 is 0 Å². The highest BCUT2D eigenvalue weighted by Gasteiger charge is 2.61. The van der Waals surface area contributed by atoms with Crippen LogP contribution in [-0.2, 0) is 28.0 Å². The highest BCUT2D eigenvalue weighted by atomic mass is 16.5. The van der Waals surface area contributed by atoms with Crippen molar-refractivity contribution in [3.8, 4) is 17.3 Å². The van der Waals surface area contributed by atoms with Crippen LogP contribution in [0, 0.1) is 11.8 Å². The molecule has 5 heterocycles. The molecule has 11 nitrogen and oxygen atoms in total. The van der Waals surface area contributed by atoms with Gasteiger partial charge in [-0.05, 0) is 42.5 Å². The topological polar surface area (TPSA) is 160 Å². The number of nitrogens with one attached hydrogen (secondary N) is 2. The first kappa shape index (κ1) is 27.4. The van der Waals surface area contributed by atoms with Crippen LogP contribution in [0.15, 0.2) is 57.6 Å². The van der Waals surface area contributed by atoms with Gasteiger partial charge in [0.1, 0.15) is 35.3 Å². The van der Waals surface area contributed by atoms with E-state index in [1.54, 1.807) is 20.8 Å². The predicted octanol–water partition coefficient (Wildman–Crippen LogP) is 3.63. The number of fused-ring (bicyclic) bond motifs is 4. The first-order valence-corrected chi connectivity index (χ1v) is 14.4. The van der Waals surface area contributed by atoms with Crippen LogP contribution in [0.3, 0.4) is 0 Å². The molecule has 4 bridgehead atoms. The fourth-order valence-corrected chi connectivity index (χ4v) is 6.45. The Morgan fingerprint density at radius 3 is 2.72 bits per heavy atom. The quantitative estimate of drug-likeness (QED) is 0.264. The number of ketones is 1. The monoisotopic (exact) mass is 584 g/mol. The van der Waals surface area contributed by atoms with Crippen molar-refractivity contribution in [2.75, 3.05) is 5.32 Å². The number of aromatic nitrogens is 2. The molecule has 222 valence electrons. The van der Waals surface area contributed by atoms with Crippen LogP contribution < -0.4 is 15.4 Å². The number of Topliss-reactive ketones (excluding diaryl/α,β-unsaturated/α-hetero) is 1. The second-order valence-electron chi connectivity index (χ2n) is 11.8. The highest BCUT2D eigenvalue weighted by Crippen LogP contribution is 2.59. The molecular formula is C32H32N4O7. The Labute approximate surface area is 247 Å². The standard InChI is InChI=1S/C32H32N4O7/c1-15(2)26(39)23(38)12-18-10-17-8-9-24-21(11-17)32(20-6-4-5-7-22(20)35-31(32)42-24)27-25(30-34-19(13-37)14-41-30)36-29(43-27)16(3)33-28(18)40/h4-9,11,14-16,18,26,31,35,37,39H,10,12-13H2,1-3H3,(H,33,40)/t16-,18?,26-,31?,32-/m0/s1. The van der Waals surface area contributed by atoms with E-state index in [1.807, 2.05) is 42.5 Å². The number of para-hydroxylation sites is 1. The van der Waals surface area contributed by atoms with Crippen molar-refractivity contribution >= 4 is 17.4 Å². The zero-order chi connectivity index (χ0) is 30.0. The van der Waals surface area contributed by atoms with E-state index in [4.69, 9.17) is 18.6 Å². The van der Waals surface area contributed by atoms with Crippen LogP contribution in [0.4, 0.5) is 5.69 Å². The zero-order valence-corrected chi connectivity index (χ0v) is 24.0. The fraction of sp³-hybridized carbons (Fsp3) is 0.375. The Kier molecular flexibility index (Phi) is 6.40. The number of carbonyl (C=O) groups excluding carboxylic acids is 2. The summed E-state index contributed by atoms with van der Waals surface area (Å²) in [5.74, 6) is -0.287. The first-order chi connectivity index (χ1) is 20.7. The Morgan fingerprint density at radius 2 is 1.95 bits per heavy atom. The number of aliphatic hydroxyl groups excluding tert-OH is 2. The number of hydrogen-bond acceptors (Lipinski definition) is 10. The van der Waals surface area contributed by atoms with E-state index in [0.717, 1.165) is 22.4 Å². The van der Waals surface area contributed by atoms with Gasteiger partial charge in [0.25, 0.3) is 0 Å². The molecule has 2 aromatic heterocycles. The maximum atomic E-state index is 13.7. The molecule has 5 atom stereocenters. The molecule has 0 saturated carbocycles. The van der Waals surface area contributed by atoms with Gasteiger partial charge in [-0.25, -0.2) is 9.97 Å². The maximum absolute atomic E-state index is 13.7. The highest BCUT2D eigenvalue weighted by molar-refractivity contribution is 5.89. The lowest BCUT2D eigenvalue weighted by Crippen LogP contribution is -2.40. The Balaban J connectivity index is 1.45. The van der Waals surface area contributed by atoms with Crippen molar-refractivity contribution < 1.29 is 33.4 Å². The van der Waals surface area contributed by atoms with E-state index in [1.165, 1.54) is 6.26 Å². The third-order valence-corrected chi connectivity index (χ3v) is 8.65. The largest absolute Gasteiger partial charge is 0.469 e. The minimum Gasteiger partial charge on any atom is -0.469 e. The van der Waals surface area contributed by atoms with Gasteiger partial charge in [-0.3, -0.25) is 9.59 Å². The lowest BCUT2D eigenvalue weighted by molar-refractivity contribution is -0.135. The summed E-state index contributed by atoms with van der Waals surface area (Å²) in [6.45, 7) is 4.98. The summed E-state index contributed by atoms with van der Waals surface area (Å²) >= 11 is 0. The molecule has 43 heavy (non-hydrogen) atoms. The molecule has 7 rings (SSSR count). The summed E-state index contributed by atoms with van der Waals surface area (Å²) in [4.78, 5) is 35.9. The molecule has 2 aromatic carbocycles. The van der Waals surface area contributed by atoms with Gasteiger partial charge < -0.3 is 34.4 Å². The molecule has 0 saturated heterocycles. The number of ether oxygens (including phenoxy) is 1. The summed E-state index contributed by atoms with van der Waals surface area (Å²) in [5, 5.41) is 26.6. The maximum Gasteiger partial charge on any atom is 0.249 e. The van der Waals surface area contributed by atoms with E-state index in [2.05, 4.69) is 15.6 Å². The lowest BCUT2D eigenvalue weighted by Gasteiger charge is -2.28. The molecule has 4 N–H and O–H groups in total. The predicted molar refractivity (Wildman–Crippen MR) is 153 cm³/mol. The molecular weight excluding hydrogens is 552 g/mol. The molecule has 0 aliphatic carbocycles. The average Bonchev–Trinajstić information content (AvgIpc) is 3.76. The molecule has 4 aromatic rings. The van der Waals surface area contributed by atoms with Gasteiger partial charge >= 0.3 is 0 Å². The summed E-state index contributed by atoms with van der Waals surface area (Å²) in [7, 11) is 0. The lowest BCUT2D eigenvalue weighted by atomic mass is 9.72. The van der Waals surface area contributed by atoms with E-state index < -0.39 is 29.7 Å². The molecule has 0 radical (unpaired) electrons. The van der Waals surface area contributed by atoms with Crippen LogP contribution in [0.25, 0.3) is 11.6 Å². The van der Waals surface area contributed by atoms with Crippen molar-refractivity contribution in [2.45, 2.75) is 64.0 Å². The van der Waals surface area contributed by atoms with E-state index in [9.17, 15) is 19.8 Å². The fourth-order valence-electron chi connectivity index (χ4n) is 6.45. The average molecular weight is 585 g/mol. The summed E-state index contributed by atoms with van der Waals surface area (Å²) in [6, 6.07) is 13.0. The van der Waals surface area contributed by atoms with Gasteiger partial charge in [0.15, 0.2) is 23.5 Å². The first-order valence-electron chi connectivity index (χ1n) is 14.4. The molecule has 2 unspecified atom stereocenters. The second kappa shape index (κ2) is 10.1. The summed E-state index contributed by atoms with van der Waals surface area (Å²) in [5.41, 5.74) is 3.08. The van der Waals surface area contributed by atoms with Gasteiger partial charge in [-0.2, -0.15) is 0 Å². The Hall–Kier alpha value is -4.48. The smallest absolute Gasteiger partial charge is 0.249 e. The molecule has 3 aliphatic rings. The number of carbonyl (C=O) groups is 2. The molecule has 11 heteroatoms. The molecule has 1 amide bonds. The number of rotatable bonds is 6. The number of anilines is 1. The molecule has 0 fully saturated rings. The van der Waals surface area contributed by atoms with E-state index in [0.29, 0.717) is 22.9 Å². The van der Waals surface area contributed by atoms with Crippen molar-refractivity contribution in [1.29, 1.82) is 0 Å². The van der Waals surface area contributed by atoms with E-state index in [-0.39, 0.29) is 48.8 Å². The summed E-state index contributed by atoms with van der Waals surface area (Å²) < 4.78 is 18.9. The van der Waals surface area contributed by atoms with Crippen LogP contribution in [0.5, 0.6) is 5.75 Å². The van der Waals surface area contributed by atoms with Crippen molar-refractivity contribution in [1.82, 2.24) is 15.3 Å². The SMILES string of the molecule is CC(C)[C@H](O)C(=O)CC1Cc2ccc3c(c2)[C@@]2(c4ccccc4NC2O3)c2oc(nc2-c2nc(CO)co2)[C@H](C)NC1=O. The van der Waals surface area contributed by atoms with Gasteiger partial charge in [-0.1, -0.05) is 44.2 Å². The van der Waals surface area contributed by atoms with Crippen LogP contribution in [0.2, 0.25) is 0 Å². The Morgan fingerprint density at radius 1 is 1.14 bits per heavy atom. The number of hydrogen-bond donors (Lipinski definition) is 4. The molecule has 1 spiro atoms. The third kappa shape index (κ3) is 4.17. The minimum atomic E-state index is -1.16. The molecule has 3 aliphatic heterocycles. The van der Waals surface area contributed by atoms with Crippen LogP contribution >= 0.6 is 0 Å². The normalized spacial score (nSPS) is 24.2. The van der Waals surface area contributed by atoms with Gasteiger partial charge in [0, 0.05) is 23.6 Å². The number of amides is 1. The third-order valence-electron chi connectivity index (χ3n) is 8.65. The zero-order valence-electron chi connectivity index (χ0n) is 24.0. The van der Waals surface area contributed by atoms with Crippen molar-refractivity contribution in [3.05, 3.63) is 82.8 Å². The van der Waals surface area contributed by atoms with Gasteiger partial charge in [-0.15, -0.1) is 0 Å². The summed E-state index contributed by atoms with van der Waals surface area (Å²) in [6.07, 6.45) is -0.226. The number of aliphatic hydroxyl groups is 2. The number of nitrogens with zero attached hydrogens (tertiary/aromatic N) is 2. The minimum absolute atomic E-state index is 0.119. The van der Waals surface area contributed by atoms with Gasteiger partial charge in [0.05, 0.1) is 6.61 Å². The Bertz CT molecular complexity index is 1740. The van der Waals surface area contributed by atoms with Crippen LogP contribution in [0.1, 0.15) is 67.3 Å². The number of benzene rings is 2. The van der Waals surface area contributed by atoms with Gasteiger partial charge in [0.2, 0.25) is 17.7 Å². The van der Waals surface area contributed by atoms with Crippen LogP contribution in [-0.4, -0.2) is 44.2 Å². The number of oxazole rings is 2.